The first-order valence-electron chi connectivity index (χ1n) is 10.5. The third-order valence-corrected chi connectivity index (χ3v) is 7.33. The molecule has 1 aliphatic rings. The van der Waals surface area contributed by atoms with E-state index < -0.39 is 10.0 Å². The van der Waals surface area contributed by atoms with Gasteiger partial charge < -0.3 is 15.0 Å². The molecule has 1 saturated heterocycles. The fraction of sp³-hybridized carbons (Fsp3) is 0.435. The second-order valence-electron chi connectivity index (χ2n) is 7.87. The Balaban J connectivity index is 1.46. The Kier molecular flexibility index (Phi) is 8.06. The number of benzene rings is 2. The van der Waals surface area contributed by atoms with E-state index in [-0.39, 0.29) is 11.7 Å². The lowest BCUT2D eigenvalue weighted by Crippen LogP contribution is -2.47. The largest absolute Gasteiger partial charge is 0.497 e. The third-order valence-electron chi connectivity index (χ3n) is 5.48. The second kappa shape index (κ2) is 10.7. The van der Waals surface area contributed by atoms with Gasteiger partial charge in [-0.05, 0) is 55.3 Å². The summed E-state index contributed by atoms with van der Waals surface area (Å²) in [7, 11) is 0.293. The molecule has 7 nitrogen and oxygen atoms in total. The van der Waals surface area contributed by atoms with Crippen molar-refractivity contribution in [3.63, 3.8) is 0 Å². The van der Waals surface area contributed by atoms with Gasteiger partial charge in [-0.25, -0.2) is 8.42 Å². The van der Waals surface area contributed by atoms with Crippen molar-refractivity contribution in [3.8, 4) is 5.75 Å². The van der Waals surface area contributed by atoms with E-state index in [2.05, 4.69) is 10.2 Å². The molecule has 8 heteroatoms. The molecule has 0 aliphatic carbocycles. The molecule has 0 radical (unpaired) electrons. The second-order valence-corrected chi connectivity index (χ2v) is 9.84. The summed E-state index contributed by atoms with van der Waals surface area (Å²) in [4.78, 5) is 14.5. The number of carbonyl (C=O) groups is 1. The third kappa shape index (κ3) is 6.78. The molecule has 0 unspecified atom stereocenters. The van der Waals surface area contributed by atoms with Crippen LogP contribution in [0.4, 0.5) is 0 Å². The number of carbonyl (C=O) groups excluding carboxylic acids is 1. The number of likely N-dealkylation sites (N-methyl/N-ethyl adjacent to an activating group) is 1. The molecular weight excluding hydrogens is 414 g/mol. The van der Waals surface area contributed by atoms with E-state index in [1.165, 1.54) is 5.56 Å². The summed E-state index contributed by atoms with van der Waals surface area (Å²) in [6.45, 7) is 3.10. The molecule has 0 bridgehead atoms. The highest BCUT2D eigenvalue weighted by molar-refractivity contribution is 7.88. The Bertz CT molecular complexity index is 969. The van der Waals surface area contributed by atoms with Crippen LogP contribution in [0, 0.1) is 0 Å². The summed E-state index contributed by atoms with van der Waals surface area (Å²) >= 11 is 0. The monoisotopic (exact) mass is 445 g/mol. The Morgan fingerprint density at radius 1 is 1.03 bits per heavy atom. The van der Waals surface area contributed by atoms with E-state index in [0.717, 1.165) is 31.7 Å². The van der Waals surface area contributed by atoms with Gasteiger partial charge in [0.15, 0.2) is 0 Å². The van der Waals surface area contributed by atoms with E-state index in [1.54, 1.807) is 35.7 Å². The van der Waals surface area contributed by atoms with Crippen molar-refractivity contribution < 1.29 is 17.9 Å². The molecule has 31 heavy (non-hydrogen) atoms. The van der Waals surface area contributed by atoms with Crippen LogP contribution in [0.15, 0.2) is 48.5 Å². The van der Waals surface area contributed by atoms with Gasteiger partial charge in [0, 0.05) is 38.3 Å². The number of nitrogens with one attached hydrogen (secondary N) is 1. The lowest BCUT2D eigenvalue weighted by molar-refractivity contribution is 0.0953. The van der Waals surface area contributed by atoms with Gasteiger partial charge in [-0.1, -0.05) is 24.3 Å². The predicted octanol–water partition coefficient (Wildman–Crippen LogP) is 2.13. The quantitative estimate of drug-likeness (QED) is 0.599. The van der Waals surface area contributed by atoms with E-state index in [0.29, 0.717) is 30.8 Å². The van der Waals surface area contributed by atoms with Crippen LogP contribution in [0.25, 0.3) is 0 Å². The van der Waals surface area contributed by atoms with Gasteiger partial charge >= 0.3 is 0 Å². The maximum absolute atomic E-state index is 12.6. The summed E-state index contributed by atoms with van der Waals surface area (Å²) in [6.07, 6.45) is 1.67. The summed E-state index contributed by atoms with van der Waals surface area (Å²) in [5.74, 6) is 0.634. The zero-order valence-electron chi connectivity index (χ0n) is 18.2. The first kappa shape index (κ1) is 23.2. The van der Waals surface area contributed by atoms with Crippen molar-refractivity contribution in [2.75, 3.05) is 46.9 Å². The van der Waals surface area contributed by atoms with Crippen LogP contribution >= 0.6 is 0 Å². The number of aryl methyl sites for hydroxylation is 1. The Morgan fingerprint density at radius 3 is 2.42 bits per heavy atom. The van der Waals surface area contributed by atoms with Crippen molar-refractivity contribution >= 4 is 15.9 Å². The van der Waals surface area contributed by atoms with Crippen LogP contribution in [0.5, 0.6) is 5.75 Å². The number of nitrogens with zero attached hydrogens (tertiary/aromatic N) is 2. The molecule has 1 fully saturated rings. The summed E-state index contributed by atoms with van der Waals surface area (Å²) in [6, 6.07) is 14.7. The van der Waals surface area contributed by atoms with Gasteiger partial charge in [0.25, 0.3) is 5.91 Å². The normalized spacial score (nSPS) is 15.5. The number of ether oxygens (including phenoxy) is 1. The smallest absolute Gasteiger partial charge is 0.251 e. The number of amides is 1. The molecule has 1 heterocycles. The van der Waals surface area contributed by atoms with Crippen LogP contribution in [0.2, 0.25) is 0 Å². The number of methoxy groups -OCH3 is 1. The van der Waals surface area contributed by atoms with E-state index in [1.807, 2.05) is 31.3 Å². The average molecular weight is 446 g/mol. The van der Waals surface area contributed by atoms with Crippen LogP contribution in [-0.4, -0.2) is 70.4 Å². The number of sulfonamides is 1. The van der Waals surface area contributed by atoms with Crippen molar-refractivity contribution in [2.45, 2.75) is 18.6 Å². The number of rotatable bonds is 9. The maximum Gasteiger partial charge on any atom is 0.251 e. The molecule has 2 aromatic rings. The fourth-order valence-electron chi connectivity index (χ4n) is 3.54. The lowest BCUT2D eigenvalue weighted by Gasteiger charge is -2.31. The highest BCUT2D eigenvalue weighted by atomic mass is 32.2. The average Bonchev–Trinajstić information content (AvgIpc) is 2.77. The minimum Gasteiger partial charge on any atom is -0.497 e. The predicted molar refractivity (Wildman–Crippen MR) is 122 cm³/mol. The van der Waals surface area contributed by atoms with Crippen molar-refractivity contribution in [1.29, 1.82) is 0 Å². The van der Waals surface area contributed by atoms with Crippen LogP contribution in [0.3, 0.4) is 0 Å². The fourth-order valence-corrected chi connectivity index (χ4v) is 5.06. The molecule has 168 valence electrons. The molecule has 0 saturated carbocycles. The number of hydrogen-bond acceptors (Lipinski definition) is 5. The van der Waals surface area contributed by atoms with Crippen LogP contribution in [0.1, 0.15) is 27.9 Å². The highest BCUT2D eigenvalue weighted by Gasteiger charge is 2.25. The molecule has 1 N–H and O–H groups in total. The molecule has 0 spiro atoms. The Morgan fingerprint density at radius 2 is 1.74 bits per heavy atom. The van der Waals surface area contributed by atoms with Crippen LogP contribution in [-0.2, 0) is 22.2 Å². The standard InChI is InChI=1S/C23H31N3O4S/c1-25-13-15-26(16-14-25)31(28,29)18-20-8-10-21(11-9-20)23(27)24-12-4-6-19-5-3-7-22(17-19)30-2/h3,5,7-11,17H,4,6,12-16,18H2,1-2H3,(H,24,27). The summed E-state index contributed by atoms with van der Waals surface area (Å²) < 4.78 is 32.0. The first-order valence-corrected chi connectivity index (χ1v) is 12.1. The van der Waals surface area contributed by atoms with Gasteiger partial charge in [0.05, 0.1) is 12.9 Å². The van der Waals surface area contributed by atoms with Gasteiger partial charge in [-0.3, -0.25) is 4.79 Å². The minimum absolute atomic E-state index is 0.0425. The molecule has 1 amide bonds. The molecule has 0 atom stereocenters. The van der Waals surface area contributed by atoms with E-state index in [4.69, 9.17) is 4.74 Å². The molecular formula is C23H31N3O4S. The Labute approximate surface area is 185 Å². The minimum atomic E-state index is -3.34. The van der Waals surface area contributed by atoms with Crippen LogP contribution < -0.4 is 10.1 Å². The molecule has 2 aromatic carbocycles. The molecule has 0 aromatic heterocycles. The topological polar surface area (TPSA) is 78.9 Å². The van der Waals surface area contributed by atoms with Crippen molar-refractivity contribution in [1.82, 2.24) is 14.5 Å². The van der Waals surface area contributed by atoms with Crippen molar-refractivity contribution in [3.05, 3.63) is 65.2 Å². The number of piperazine rings is 1. The zero-order valence-corrected chi connectivity index (χ0v) is 19.0. The first-order chi connectivity index (χ1) is 14.9. The van der Waals surface area contributed by atoms with E-state index >= 15 is 0 Å². The zero-order chi connectivity index (χ0) is 22.3. The lowest BCUT2D eigenvalue weighted by atomic mass is 10.1. The SMILES string of the molecule is COc1cccc(CCCNC(=O)c2ccc(CS(=O)(=O)N3CCN(C)CC3)cc2)c1. The maximum atomic E-state index is 12.6. The number of hydrogen-bond donors (Lipinski definition) is 1. The highest BCUT2D eigenvalue weighted by Crippen LogP contribution is 2.15. The van der Waals surface area contributed by atoms with Gasteiger partial charge in [-0.15, -0.1) is 0 Å². The van der Waals surface area contributed by atoms with Gasteiger partial charge in [0.2, 0.25) is 10.0 Å². The Hall–Kier alpha value is -2.42. The molecule has 3 rings (SSSR count). The van der Waals surface area contributed by atoms with Gasteiger partial charge in [0.1, 0.15) is 5.75 Å². The van der Waals surface area contributed by atoms with Crippen molar-refractivity contribution in [2.24, 2.45) is 0 Å². The molecule has 1 aliphatic heterocycles. The summed E-state index contributed by atoms with van der Waals surface area (Å²) in [5.41, 5.74) is 2.38. The summed E-state index contributed by atoms with van der Waals surface area (Å²) in [5, 5.41) is 2.92. The van der Waals surface area contributed by atoms with Gasteiger partial charge in [-0.2, -0.15) is 4.31 Å². The van der Waals surface area contributed by atoms with E-state index in [9.17, 15) is 13.2 Å².